The van der Waals surface area contributed by atoms with Crippen molar-refractivity contribution >= 4 is 27.5 Å². The van der Waals surface area contributed by atoms with Gasteiger partial charge in [-0.1, -0.05) is 55.1 Å². The van der Waals surface area contributed by atoms with Crippen molar-refractivity contribution in [2.24, 2.45) is 0 Å². The summed E-state index contributed by atoms with van der Waals surface area (Å²) >= 11 is 0. The molecule has 0 aliphatic rings. The first kappa shape index (κ1) is 18.9. The second-order valence-electron chi connectivity index (χ2n) is 6.55. The van der Waals surface area contributed by atoms with Gasteiger partial charge in [0.05, 0.1) is 12.7 Å². The number of carbonyl (C=O) groups excluding carboxylic acids is 1. The van der Waals surface area contributed by atoms with Crippen molar-refractivity contribution in [1.82, 2.24) is 0 Å². The topological polar surface area (TPSA) is 44.8 Å². The van der Waals surface area contributed by atoms with Crippen LogP contribution >= 0.6 is 0 Å². The van der Waals surface area contributed by atoms with Crippen LogP contribution in [0.2, 0.25) is 0 Å². The maximum atomic E-state index is 11.2. The summed E-state index contributed by atoms with van der Waals surface area (Å²) in [4.78, 5) is 11.2. The third-order valence-corrected chi connectivity index (χ3v) is 4.28. The Bertz CT molecular complexity index is 893. The SMILES string of the molecule is C=CC(=O)OC(C)COC(C)COc1c2ccccc2cc2ccccc12. The molecule has 0 aromatic heterocycles. The highest BCUT2D eigenvalue weighted by atomic mass is 16.6. The fraction of sp³-hybridized carbons (Fsp3) is 0.261. The maximum Gasteiger partial charge on any atom is 0.330 e. The molecule has 0 aliphatic heterocycles. The molecule has 3 aromatic rings. The second-order valence-corrected chi connectivity index (χ2v) is 6.55. The van der Waals surface area contributed by atoms with Crippen LogP contribution in [0.3, 0.4) is 0 Å². The van der Waals surface area contributed by atoms with Crippen LogP contribution in [0.4, 0.5) is 0 Å². The first-order chi connectivity index (χ1) is 13.1. The largest absolute Gasteiger partial charge is 0.490 e. The molecular weight excluding hydrogens is 340 g/mol. The zero-order chi connectivity index (χ0) is 19.2. The lowest BCUT2D eigenvalue weighted by Gasteiger charge is -2.19. The summed E-state index contributed by atoms with van der Waals surface area (Å²) in [5, 5.41) is 4.45. The van der Waals surface area contributed by atoms with Crippen LogP contribution in [0.15, 0.2) is 67.3 Å². The Kier molecular flexibility index (Phi) is 6.09. The Balaban J connectivity index is 1.70. The summed E-state index contributed by atoms with van der Waals surface area (Å²) in [6.45, 7) is 7.82. The minimum atomic E-state index is -0.447. The highest BCUT2D eigenvalue weighted by Crippen LogP contribution is 2.34. The van der Waals surface area contributed by atoms with Gasteiger partial charge in [-0.15, -0.1) is 0 Å². The van der Waals surface area contributed by atoms with Crippen LogP contribution in [-0.4, -0.2) is 31.4 Å². The van der Waals surface area contributed by atoms with Crippen LogP contribution in [-0.2, 0) is 14.3 Å². The third kappa shape index (κ3) is 4.66. The first-order valence-corrected chi connectivity index (χ1v) is 9.06. The zero-order valence-corrected chi connectivity index (χ0v) is 15.7. The van der Waals surface area contributed by atoms with Crippen LogP contribution in [0.25, 0.3) is 21.5 Å². The van der Waals surface area contributed by atoms with Crippen molar-refractivity contribution in [3.63, 3.8) is 0 Å². The minimum absolute atomic E-state index is 0.146. The number of carbonyl (C=O) groups is 1. The molecule has 2 atom stereocenters. The van der Waals surface area contributed by atoms with Crippen LogP contribution in [0, 0.1) is 0 Å². The summed E-state index contributed by atoms with van der Waals surface area (Å²) in [6, 6.07) is 18.6. The lowest BCUT2D eigenvalue weighted by Crippen LogP contribution is -2.25. The average Bonchev–Trinajstić information content (AvgIpc) is 2.69. The lowest BCUT2D eigenvalue weighted by atomic mass is 10.0. The van der Waals surface area contributed by atoms with Gasteiger partial charge in [0.15, 0.2) is 0 Å². The molecular formula is C23H24O4. The van der Waals surface area contributed by atoms with E-state index in [0.717, 1.165) is 33.4 Å². The van der Waals surface area contributed by atoms with Gasteiger partial charge in [-0.25, -0.2) is 4.79 Å². The summed E-state index contributed by atoms with van der Waals surface area (Å²) in [6.07, 6.45) is 0.665. The molecule has 2 unspecified atom stereocenters. The van der Waals surface area contributed by atoms with Crippen LogP contribution in [0.5, 0.6) is 5.75 Å². The van der Waals surface area contributed by atoms with Gasteiger partial charge >= 0.3 is 5.97 Å². The molecule has 0 N–H and O–H groups in total. The molecule has 0 saturated heterocycles. The van der Waals surface area contributed by atoms with E-state index < -0.39 is 5.97 Å². The van der Waals surface area contributed by atoms with Gasteiger partial charge in [-0.2, -0.15) is 0 Å². The van der Waals surface area contributed by atoms with Crippen molar-refractivity contribution in [2.75, 3.05) is 13.2 Å². The van der Waals surface area contributed by atoms with Crippen molar-refractivity contribution in [1.29, 1.82) is 0 Å². The lowest BCUT2D eigenvalue weighted by molar-refractivity contribution is -0.146. The Morgan fingerprint density at radius 1 is 0.963 bits per heavy atom. The normalized spacial score (nSPS) is 13.3. The highest BCUT2D eigenvalue weighted by Gasteiger charge is 2.13. The number of benzene rings is 3. The smallest absolute Gasteiger partial charge is 0.330 e. The molecule has 0 radical (unpaired) electrons. The summed E-state index contributed by atoms with van der Waals surface area (Å²) in [5.41, 5.74) is 0. The average molecular weight is 364 g/mol. The number of rotatable bonds is 8. The van der Waals surface area contributed by atoms with Gasteiger partial charge in [-0.05, 0) is 30.7 Å². The van der Waals surface area contributed by atoms with Gasteiger partial charge in [0, 0.05) is 16.8 Å². The zero-order valence-electron chi connectivity index (χ0n) is 15.7. The standard InChI is InChI=1S/C23H24O4/c1-4-22(24)27-17(3)15-25-16(2)14-26-23-20-11-7-5-9-18(20)13-19-10-6-8-12-21(19)23/h4-13,16-17H,1,14-15H2,2-3H3. The number of ether oxygens (including phenoxy) is 3. The van der Waals surface area contributed by atoms with Gasteiger partial charge in [0.1, 0.15) is 18.5 Å². The van der Waals surface area contributed by atoms with E-state index in [9.17, 15) is 4.79 Å². The second kappa shape index (κ2) is 8.69. The van der Waals surface area contributed by atoms with E-state index in [1.54, 1.807) is 6.92 Å². The maximum absolute atomic E-state index is 11.2. The Hall–Kier alpha value is -2.85. The van der Waals surface area contributed by atoms with Crippen molar-refractivity contribution in [2.45, 2.75) is 26.1 Å². The number of esters is 1. The predicted molar refractivity (Wildman–Crippen MR) is 108 cm³/mol. The molecule has 0 heterocycles. The molecule has 0 amide bonds. The Labute approximate surface area is 159 Å². The number of hydrogen-bond acceptors (Lipinski definition) is 4. The van der Waals surface area contributed by atoms with E-state index in [2.05, 4.69) is 36.9 Å². The minimum Gasteiger partial charge on any atom is -0.490 e. The van der Waals surface area contributed by atoms with Crippen molar-refractivity contribution in [3.8, 4) is 5.75 Å². The van der Waals surface area contributed by atoms with Gasteiger partial charge in [-0.3, -0.25) is 0 Å². The van der Waals surface area contributed by atoms with Gasteiger partial charge < -0.3 is 14.2 Å². The fourth-order valence-electron chi connectivity index (χ4n) is 2.96. The molecule has 3 aromatic carbocycles. The van der Waals surface area contributed by atoms with E-state index in [-0.39, 0.29) is 12.2 Å². The molecule has 4 nitrogen and oxygen atoms in total. The molecule has 0 fully saturated rings. The predicted octanol–water partition coefficient (Wildman–Crippen LogP) is 4.89. The molecule has 4 heteroatoms. The molecule has 3 rings (SSSR count). The van der Waals surface area contributed by atoms with Gasteiger partial charge in [0.2, 0.25) is 0 Å². The summed E-state index contributed by atoms with van der Waals surface area (Å²) in [5.74, 6) is 0.419. The van der Waals surface area contributed by atoms with Crippen molar-refractivity contribution < 1.29 is 19.0 Å². The van der Waals surface area contributed by atoms with Crippen molar-refractivity contribution in [3.05, 3.63) is 67.3 Å². The summed E-state index contributed by atoms with van der Waals surface area (Å²) in [7, 11) is 0. The Morgan fingerprint density at radius 3 is 2.15 bits per heavy atom. The van der Waals surface area contributed by atoms with Gasteiger partial charge in [0.25, 0.3) is 0 Å². The van der Waals surface area contributed by atoms with E-state index >= 15 is 0 Å². The molecule has 0 bridgehead atoms. The van der Waals surface area contributed by atoms with Crippen LogP contribution in [0.1, 0.15) is 13.8 Å². The third-order valence-electron chi connectivity index (χ3n) is 4.28. The molecule has 0 saturated carbocycles. The molecule has 0 aliphatic carbocycles. The van der Waals surface area contributed by atoms with E-state index in [0.29, 0.717) is 13.2 Å². The number of hydrogen-bond donors (Lipinski definition) is 0. The molecule has 27 heavy (non-hydrogen) atoms. The summed E-state index contributed by atoms with van der Waals surface area (Å²) < 4.78 is 17.0. The molecule has 140 valence electrons. The van der Waals surface area contributed by atoms with E-state index in [1.807, 2.05) is 31.2 Å². The fourth-order valence-corrected chi connectivity index (χ4v) is 2.96. The monoisotopic (exact) mass is 364 g/mol. The van der Waals surface area contributed by atoms with Crippen LogP contribution < -0.4 is 4.74 Å². The molecule has 0 spiro atoms. The first-order valence-electron chi connectivity index (χ1n) is 9.06. The van der Waals surface area contributed by atoms with E-state index in [4.69, 9.17) is 14.2 Å². The quantitative estimate of drug-likeness (QED) is 0.324. The Morgan fingerprint density at radius 2 is 1.56 bits per heavy atom. The highest BCUT2D eigenvalue weighted by molar-refractivity contribution is 6.05. The van der Waals surface area contributed by atoms with E-state index in [1.165, 1.54) is 0 Å². The number of fused-ring (bicyclic) bond motifs is 2.